The van der Waals surface area contributed by atoms with E-state index in [1.165, 1.54) is 24.3 Å². The highest BCUT2D eigenvalue weighted by Gasteiger charge is 2.45. The van der Waals surface area contributed by atoms with E-state index in [1.54, 1.807) is 0 Å². The summed E-state index contributed by atoms with van der Waals surface area (Å²) in [5, 5.41) is 10.5. The topological polar surface area (TPSA) is 83.9 Å². The second kappa shape index (κ2) is 6.31. The van der Waals surface area contributed by atoms with Gasteiger partial charge in [-0.2, -0.15) is 13.2 Å². The molecule has 10 heteroatoms. The predicted octanol–water partition coefficient (Wildman–Crippen LogP) is 3.31. The van der Waals surface area contributed by atoms with E-state index in [0.29, 0.717) is 6.07 Å². The van der Waals surface area contributed by atoms with Crippen molar-refractivity contribution < 1.29 is 36.2 Å². The number of aliphatic hydroxyl groups is 1. The van der Waals surface area contributed by atoms with Crippen LogP contribution >= 0.6 is 0 Å². The van der Waals surface area contributed by atoms with Gasteiger partial charge in [-0.05, 0) is 24.3 Å². The van der Waals surface area contributed by atoms with Gasteiger partial charge in [-0.3, -0.25) is 0 Å². The number of nitrogens with zero attached hydrogens (tertiary/aromatic N) is 1. The van der Waals surface area contributed by atoms with Crippen molar-refractivity contribution in [2.45, 2.75) is 11.1 Å². The van der Waals surface area contributed by atoms with Crippen LogP contribution in [-0.4, -0.2) is 26.6 Å². The zero-order valence-electron chi connectivity index (χ0n) is 13.7. The molecule has 1 heterocycles. The van der Waals surface area contributed by atoms with Gasteiger partial charge < -0.3 is 9.84 Å². The minimum absolute atomic E-state index is 0.166. The Hall–Kier alpha value is -3.01. The third-order valence-electron chi connectivity index (χ3n) is 3.89. The fourth-order valence-corrected chi connectivity index (χ4v) is 4.46. The van der Waals surface area contributed by atoms with Crippen LogP contribution in [0.2, 0.25) is 0 Å². The van der Waals surface area contributed by atoms with Gasteiger partial charge in [-0.15, -0.1) is 0 Å². The molecule has 27 heavy (non-hydrogen) atoms. The first-order valence-electron chi connectivity index (χ1n) is 7.43. The Morgan fingerprint density at radius 2 is 1.67 bits per heavy atom. The van der Waals surface area contributed by atoms with Gasteiger partial charge in [-0.1, -0.05) is 24.3 Å². The van der Waals surface area contributed by atoms with Crippen molar-refractivity contribution in [3.8, 4) is 0 Å². The first-order valence-corrected chi connectivity index (χ1v) is 8.87. The van der Waals surface area contributed by atoms with E-state index in [2.05, 4.69) is 4.74 Å². The number of alkyl halides is 3. The number of halogens is 3. The first-order chi connectivity index (χ1) is 12.6. The number of hydrogen-bond donors (Lipinski definition) is 1. The minimum atomic E-state index is -4.90. The normalized spacial score (nSPS) is 16.1. The molecule has 0 atom stereocenters. The van der Waals surface area contributed by atoms with Gasteiger partial charge in [0.25, 0.3) is 10.0 Å². The zero-order valence-corrected chi connectivity index (χ0v) is 14.5. The number of ether oxygens (including phenoxy) is 1. The van der Waals surface area contributed by atoms with Crippen LogP contribution in [0.4, 0.5) is 18.9 Å². The molecule has 2 aromatic carbocycles. The Morgan fingerprint density at radius 1 is 1.07 bits per heavy atom. The molecule has 0 aromatic heterocycles. The highest BCUT2D eigenvalue weighted by Crippen LogP contribution is 2.44. The van der Waals surface area contributed by atoms with Crippen molar-refractivity contribution in [3.63, 3.8) is 0 Å². The largest absolute Gasteiger partial charge is 0.505 e. The molecule has 0 saturated carbocycles. The fraction of sp³-hybridized carbons (Fsp3) is 0.118. The molecule has 142 valence electrons. The van der Waals surface area contributed by atoms with Crippen LogP contribution in [-0.2, 0) is 25.7 Å². The standard InChI is InChI=1S/C17H12F3NO5S/c1-26-16(23)14-15(22)10-6-2-5-9-13(10)27(24,25)21(14)12-8-4-3-7-11(12)17(18,19)20/h2-9,22H,1H3. The average Bonchev–Trinajstić information content (AvgIpc) is 2.63. The molecule has 0 amide bonds. The van der Waals surface area contributed by atoms with Gasteiger partial charge in [0.15, 0.2) is 11.5 Å². The highest BCUT2D eigenvalue weighted by molar-refractivity contribution is 7.93. The molecule has 0 spiro atoms. The lowest BCUT2D eigenvalue weighted by molar-refractivity contribution is -0.138. The molecule has 1 N–H and O–H groups in total. The summed E-state index contributed by atoms with van der Waals surface area (Å²) in [6.45, 7) is 0. The number of rotatable bonds is 2. The van der Waals surface area contributed by atoms with Gasteiger partial charge in [0.1, 0.15) is 0 Å². The van der Waals surface area contributed by atoms with Crippen molar-refractivity contribution in [3.05, 3.63) is 65.4 Å². The van der Waals surface area contributed by atoms with Crippen LogP contribution in [0.5, 0.6) is 0 Å². The summed E-state index contributed by atoms with van der Waals surface area (Å²) < 4.78 is 71.1. The van der Waals surface area contributed by atoms with E-state index < -0.39 is 49.8 Å². The SMILES string of the molecule is COC(=O)C1=C(O)c2ccccc2S(=O)(=O)N1c1ccccc1C(F)(F)F. The summed E-state index contributed by atoms with van der Waals surface area (Å²) in [7, 11) is -3.72. The lowest BCUT2D eigenvalue weighted by atomic mass is 10.1. The Kier molecular flexibility index (Phi) is 4.38. The number of sulfonamides is 1. The zero-order chi connectivity index (χ0) is 20.0. The van der Waals surface area contributed by atoms with Gasteiger partial charge >= 0.3 is 12.1 Å². The van der Waals surface area contributed by atoms with Crippen LogP contribution in [0, 0.1) is 0 Å². The third-order valence-corrected chi connectivity index (χ3v) is 5.67. The summed E-state index contributed by atoms with van der Waals surface area (Å²) in [6.07, 6.45) is -4.90. The highest BCUT2D eigenvalue weighted by atomic mass is 32.2. The van der Waals surface area contributed by atoms with E-state index in [1.807, 2.05) is 0 Å². The third kappa shape index (κ3) is 2.91. The quantitative estimate of drug-likeness (QED) is 0.784. The molecule has 0 aliphatic carbocycles. The number of methoxy groups -OCH3 is 1. The molecule has 0 bridgehead atoms. The number of benzene rings is 2. The van der Waals surface area contributed by atoms with Gasteiger partial charge in [0.2, 0.25) is 0 Å². The van der Waals surface area contributed by atoms with Crippen molar-refractivity contribution in [1.29, 1.82) is 0 Å². The molecule has 2 aromatic rings. The van der Waals surface area contributed by atoms with Crippen LogP contribution in [0.15, 0.2) is 59.1 Å². The van der Waals surface area contributed by atoms with Crippen LogP contribution in [0.1, 0.15) is 11.1 Å². The van der Waals surface area contributed by atoms with Gasteiger partial charge in [0, 0.05) is 5.56 Å². The predicted molar refractivity (Wildman–Crippen MR) is 89.1 cm³/mol. The summed E-state index contributed by atoms with van der Waals surface area (Å²) in [5.74, 6) is -2.10. The van der Waals surface area contributed by atoms with E-state index in [0.717, 1.165) is 25.3 Å². The lowest BCUT2D eigenvalue weighted by Gasteiger charge is -2.32. The molecular formula is C17H12F3NO5S. The van der Waals surface area contributed by atoms with Crippen molar-refractivity contribution in [2.24, 2.45) is 0 Å². The van der Waals surface area contributed by atoms with E-state index in [4.69, 9.17) is 0 Å². The maximum absolute atomic E-state index is 13.4. The van der Waals surface area contributed by atoms with E-state index in [-0.39, 0.29) is 9.87 Å². The molecule has 1 aliphatic rings. The Labute approximate surface area is 152 Å². The van der Waals surface area contributed by atoms with E-state index in [9.17, 15) is 31.5 Å². The molecule has 0 fully saturated rings. The van der Waals surface area contributed by atoms with Crippen molar-refractivity contribution >= 4 is 27.4 Å². The Morgan fingerprint density at radius 3 is 2.30 bits per heavy atom. The Balaban J connectivity index is 2.42. The summed E-state index contributed by atoms with van der Waals surface area (Å²) in [6, 6.07) is 8.96. The fourth-order valence-electron chi connectivity index (χ4n) is 2.75. The monoisotopic (exact) mass is 399 g/mol. The number of anilines is 1. The molecule has 3 rings (SSSR count). The van der Waals surface area contributed by atoms with Crippen LogP contribution < -0.4 is 4.31 Å². The summed E-state index contributed by atoms with van der Waals surface area (Å²) in [5.41, 5.74) is -3.25. The first kappa shape index (κ1) is 18.8. The summed E-state index contributed by atoms with van der Waals surface area (Å²) >= 11 is 0. The van der Waals surface area contributed by atoms with Crippen LogP contribution in [0.3, 0.4) is 0 Å². The number of carbonyl (C=O) groups is 1. The molecule has 0 unspecified atom stereocenters. The molecular weight excluding hydrogens is 387 g/mol. The minimum Gasteiger partial charge on any atom is -0.505 e. The van der Waals surface area contributed by atoms with Crippen molar-refractivity contribution in [1.82, 2.24) is 0 Å². The number of hydrogen-bond acceptors (Lipinski definition) is 5. The van der Waals surface area contributed by atoms with Gasteiger partial charge in [0.05, 0.1) is 23.3 Å². The lowest BCUT2D eigenvalue weighted by Crippen LogP contribution is -2.39. The number of para-hydroxylation sites is 1. The molecule has 6 nitrogen and oxygen atoms in total. The molecule has 0 radical (unpaired) electrons. The number of fused-ring (bicyclic) bond motifs is 1. The number of carbonyl (C=O) groups excluding carboxylic acids is 1. The van der Waals surface area contributed by atoms with Crippen LogP contribution in [0.25, 0.3) is 5.76 Å². The summed E-state index contributed by atoms with van der Waals surface area (Å²) in [4.78, 5) is 11.8. The van der Waals surface area contributed by atoms with Gasteiger partial charge in [-0.25, -0.2) is 17.5 Å². The second-order valence-corrected chi connectivity index (χ2v) is 7.22. The smallest absolute Gasteiger partial charge is 0.418 e. The number of esters is 1. The van der Waals surface area contributed by atoms with Crippen molar-refractivity contribution in [2.75, 3.05) is 11.4 Å². The maximum atomic E-state index is 13.4. The molecule has 1 aliphatic heterocycles. The number of aliphatic hydroxyl groups excluding tert-OH is 1. The van der Waals surface area contributed by atoms with E-state index >= 15 is 0 Å². The molecule has 0 saturated heterocycles. The average molecular weight is 399 g/mol. The second-order valence-electron chi connectivity index (χ2n) is 5.47. The maximum Gasteiger partial charge on any atom is 0.418 e. The Bertz CT molecular complexity index is 1060.